The maximum atomic E-state index is 8.69. The molecular formula is C11H14OS2. The van der Waals surface area contributed by atoms with Crippen molar-refractivity contribution in [2.45, 2.75) is 16.6 Å². The van der Waals surface area contributed by atoms with Crippen molar-refractivity contribution in [1.29, 1.82) is 0 Å². The Morgan fingerprint density at radius 1 is 1.43 bits per heavy atom. The van der Waals surface area contributed by atoms with E-state index < -0.39 is 0 Å². The van der Waals surface area contributed by atoms with Gasteiger partial charge in [0.05, 0.1) is 6.61 Å². The van der Waals surface area contributed by atoms with E-state index in [0.717, 1.165) is 11.5 Å². The summed E-state index contributed by atoms with van der Waals surface area (Å²) in [5.41, 5.74) is 1.49. The molecule has 76 valence electrons. The van der Waals surface area contributed by atoms with E-state index in [1.807, 2.05) is 23.5 Å². The molecule has 0 saturated heterocycles. The van der Waals surface area contributed by atoms with Crippen LogP contribution in [0.25, 0.3) is 0 Å². The molecule has 1 aliphatic rings. The summed E-state index contributed by atoms with van der Waals surface area (Å²) in [4.78, 5) is 1.45. The van der Waals surface area contributed by atoms with Gasteiger partial charge in [-0.1, -0.05) is 18.2 Å². The lowest BCUT2D eigenvalue weighted by Crippen LogP contribution is -2.05. The molecule has 1 heterocycles. The number of hydrogen-bond acceptors (Lipinski definition) is 3. The number of rotatable bonds is 4. The van der Waals surface area contributed by atoms with Gasteiger partial charge in [0.1, 0.15) is 0 Å². The lowest BCUT2D eigenvalue weighted by molar-refractivity contribution is 0.322. The second-order valence-electron chi connectivity index (χ2n) is 3.35. The monoisotopic (exact) mass is 226 g/mol. The third kappa shape index (κ3) is 2.47. The number of aliphatic hydroxyl groups is 1. The third-order valence-electron chi connectivity index (χ3n) is 2.25. The molecule has 1 aliphatic heterocycles. The molecule has 0 fully saturated rings. The van der Waals surface area contributed by atoms with Gasteiger partial charge in [-0.2, -0.15) is 11.8 Å². The van der Waals surface area contributed by atoms with Crippen LogP contribution in [-0.4, -0.2) is 28.5 Å². The molecule has 1 unspecified atom stereocenters. The smallest absolute Gasteiger partial charge is 0.0521 e. The summed E-state index contributed by atoms with van der Waals surface area (Å²) >= 11 is 3.83. The highest BCUT2D eigenvalue weighted by atomic mass is 32.2. The van der Waals surface area contributed by atoms with Gasteiger partial charge in [0.15, 0.2) is 0 Å². The van der Waals surface area contributed by atoms with Crippen LogP contribution in [0.5, 0.6) is 0 Å². The van der Waals surface area contributed by atoms with E-state index in [2.05, 4.69) is 24.3 Å². The van der Waals surface area contributed by atoms with Crippen LogP contribution in [0.2, 0.25) is 0 Å². The normalized spacial score (nSPS) is 19.6. The van der Waals surface area contributed by atoms with Crippen LogP contribution in [0, 0.1) is 0 Å². The minimum absolute atomic E-state index is 0.301. The molecule has 1 aromatic rings. The minimum Gasteiger partial charge on any atom is -0.396 e. The fraction of sp³-hybridized carbons (Fsp3) is 0.455. The molecule has 0 aliphatic carbocycles. The summed E-state index contributed by atoms with van der Waals surface area (Å²) in [6.45, 7) is 0.301. The molecule has 1 N–H and O–H groups in total. The van der Waals surface area contributed by atoms with Gasteiger partial charge in [-0.3, -0.25) is 0 Å². The standard InChI is InChI=1S/C11H14OS2/c12-5-6-13-8-10-7-9-3-1-2-4-11(9)14-10/h1-4,10,12H,5-8H2. The Morgan fingerprint density at radius 2 is 2.29 bits per heavy atom. The van der Waals surface area contributed by atoms with Crippen molar-refractivity contribution < 1.29 is 5.11 Å². The molecule has 1 aromatic carbocycles. The van der Waals surface area contributed by atoms with Crippen LogP contribution < -0.4 is 0 Å². The zero-order chi connectivity index (χ0) is 9.80. The second kappa shape index (κ2) is 5.10. The molecule has 1 nitrogen and oxygen atoms in total. The van der Waals surface area contributed by atoms with Gasteiger partial charge in [0, 0.05) is 21.7 Å². The van der Waals surface area contributed by atoms with Gasteiger partial charge in [0.2, 0.25) is 0 Å². The van der Waals surface area contributed by atoms with Gasteiger partial charge in [0.25, 0.3) is 0 Å². The first-order valence-corrected chi connectivity index (χ1v) is 6.87. The zero-order valence-corrected chi connectivity index (χ0v) is 9.61. The third-order valence-corrected chi connectivity index (χ3v) is 4.89. The number of hydrogen-bond donors (Lipinski definition) is 1. The molecule has 1 atom stereocenters. The van der Waals surface area contributed by atoms with E-state index in [1.54, 1.807) is 0 Å². The fourth-order valence-electron chi connectivity index (χ4n) is 1.63. The van der Waals surface area contributed by atoms with Crippen molar-refractivity contribution in [3.8, 4) is 0 Å². The van der Waals surface area contributed by atoms with E-state index in [9.17, 15) is 0 Å². The Morgan fingerprint density at radius 3 is 3.07 bits per heavy atom. The maximum absolute atomic E-state index is 8.69. The van der Waals surface area contributed by atoms with E-state index in [0.29, 0.717) is 11.9 Å². The topological polar surface area (TPSA) is 20.2 Å². The lowest BCUT2D eigenvalue weighted by atomic mass is 10.1. The molecule has 0 amide bonds. The van der Waals surface area contributed by atoms with Crippen LogP contribution in [0.4, 0.5) is 0 Å². The second-order valence-corrected chi connectivity index (χ2v) is 5.84. The largest absolute Gasteiger partial charge is 0.396 e. The molecule has 2 rings (SSSR count). The van der Waals surface area contributed by atoms with Crippen molar-refractivity contribution in [3.63, 3.8) is 0 Å². The number of thioether (sulfide) groups is 2. The SMILES string of the molecule is OCCSCC1Cc2ccccc2S1. The first-order valence-electron chi connectivity index (χ1n) is 4.83. The van der Waals surface area contributed by atoms with Crippen molar-refractivity contribution >= 4 is 23.5 Å². The van der Waals surface area contributed by atoms with Gasteiger partial charge in [-0.25, -0.2) is 0 Å². The zero-order valence-electron chi connectivity index (χ0n) is 7.98. The van der Waals surface area contributed by atoms with Gasteiger partial charge >= 0.3 is 0 Å². The van der Waals surface area contributed by atoms with Crippen molar-refractivity contribution in [2.24, 2.45) is 0 Å². The van der Waals surface area contributed by atoms with Crippen LogP contribution in [0.15, 0.2) is 29.2 Å². The lowest BCUT2D eigenvalue weighted by Gasteiger charge is -2.06. The van der Waals surface area contributed by atoms with Gasteiger partial charge in [-0.15, -0.1) is 11.8 Å². The Hall–Kier alpha value is -0.120. The molecular weight excluding hydrogens is 212 g/mol. The average Bonchev–Trinajstić information content (AvgIpc) is 2.60. The predicted molar refractivity (Wildman–Crippen MR) is 64.2 cm³/mol. The van der Waals surface area contributed by atoms with E-state index >= 15 is 0 Å². The first kappa shape index (κ1) is 10.4. The van der Waals surface area contributed by atoms with Crippen LogP contribution in [-0.2, 0) is 6.42 Å². The molecule has 3 heteroatoms. The van der Waals surface area contributed by atoms with E-state index in [4.69, 9.17) is 5.11 Å². The van der Waals surface area contributed by atoms with Crippen LogP contribution in [0.1, 0.15) is 5.56 Å². The highest BCUT2D eigenvalue weighted by Crippen LogP contribution is 2.37. The molecule has 0 bridgehead atoms. The van der Waals surface area contributed by atoms with Crippen molar-refractivity contribution in [1.82, 2.24) is 0 Å². The fourth-order valence-corrected chi connectivity index (χ4v) is 3.95. The quantitative estimate of drug-likeness (QED) is 0.796. The predicted octanol–water partition coefficient (Wildman–Crippen LogP) is 2.43. The highest BCUT2D eigenvalue weighted by molar-refractivity contribution is 8.03. The Balaban J connectivity index is 1.86. The van der Waals surface area contributed by atoms with Crippen LogP contribution >= 0.6 is 23.5 Å². The summed E-state index contributed by atoms with van der Waals surface area (Å²) in [5.74, 6) is 2.02. The number of fused-ring (bicyclic) bond motifs is 1. The summed E-state index contributed by atoms with van der Waals surface area (Å²) in [5, 5.41) is 9.40. The summed E-state index contributed by atoms with van der Waals surface area (Å²) in [7, 11) is 0. The molecule has 0 spiro atoms. The molecule has 14 heavy (non-hydrogen) atoms. The highest BCUT2D eigenvalue weighted by Gasteiger charge is 2.20. The molecule has 0 radical (unpaired) electrons. The summed E-state index contributed by atoms with van der Waals surface area (Å²) < 4.78 is 0. The summed E-state index contributed by atoms with van der Waals surface area (Å²) in [6, 6.07) is 8.65. The Labute approximate surface area is 93.3 Å². The molecule has 0 aromatic heterocycles. The first-order chi connectivity index (χ1) is 6.90. The summed E-state index contributed by atoms with van der Waals surface area (Å²) in [6.07, 6.45) is 1.19. The average molecular weight is 226 g/mol. The number of benzene rings is 1. The van der Waals surface area contributed by atoms with Gasteiger partial charge in [-0.05, 0) is 18.1 Å². The Bertz CT molecular complexity index is 276. The van der Waals surface area contributed by atoms with Crippen molar-refractivity contribution in [2.75, 3.05) is 18.1 Å². The van der Waals surface area contributed by atoms with E-state index in [-0.39, 0.29) is 0 Å². The minimum atomic E-state index is 0.301. The van der Waals surface area contributed by atoms with Crippen molar-refractivity contribution in [3.05, 3.63) is 29.8 Å². The van der Waals surface area contributed by atoms with Gasteiger partial charge < -0.3 is 5.11 Å². The van der Waals surface area contributed by atoms with E-state index in [1.165, 1.54) is 16.9 Å². The van der Waals surface area contributed by atoms with Crippen LogP contribution in [0.3, 0.4) is 0 Å². The number of aliphatic hydroxyl groups excluding tert-OH is 1. The molecule has 0 saturated carbocycles. The Kier molecular flexibility index (Phi) is 3.79. The maximum Gasteiger partial charge on any atom is 0.0521 e.